The van der Waals surface area contributed by atoms with Gasteiger partial charge in [0.2, 0.25) is 0 Å². The SMILES string of the molecule is Cc1ccc(CN2CCC(O)(Cn3nc(-c4cccs4)oc3=O)CC2)o1.O=C(O)CC(O)(CC(=O)O)C(=O)O. The monoisotopic (exact) mass is 567 g/mol. The molecule has 3 aromatic rings. The normalized spacial score (nSPS) is 15.4. The number of carboxylic acid groups (broad SMARTS) is 3. The van der Waals surface area contributed by atoms with E-state index in [4.69, 9.17) is 29.3 Å². The molecule has 0 aromatic carbocycles. The molecule has 4 rings (SSSR count). The Morgan fingerprint density at radius 2 is 1.72 bits per heavy atom. The van der Waals surface area contributed by atoms with E-state index in [1.165, 1.54) is 16.0 Å². The van der Waals surface area contributed by atoms with Crippen molar-refractivity contribution >= 4 is 29.2 Å². The number of piperidine rings is 1. The molecule has 4 heterocycles. The number of hydrogen-bond donors (Lipinski definition) is 5. The fourth-order valence-electron chi connectivity index (χ4n) is 3.97. The van der Waals surface area contributed by atoms with Crippen molar-refractivity contribution in [3.05, 3.63) is 51.7 Å². The molecule has 3 aromatic heterocycles. The average molecular weight is 568 g/mol. The third-order valence-corrected chi connectivity index (χ3v) is 6.89. The van der Waals surface area contributed by atoms with Crippen LogP contribution in [0, 0.1) is 6.92 Å². The van der Waals surface area contributed by atoms with Gasteiger partial charge in [-0.2, -0.15) is 4.68 Å². The molecular formula is C24H29N3O11S. The molecule has 1 aliphatic rings. The van der Waals surface area contributed by atoms with Crippen molar-refractivity contribution in [2.75, 3.05) is 13.1 Å². The third kappa shape index (κ3) is 8.35. The van der Waals surface area contributed by atoms with E-state index in [0.29, 0.717) is 18.7 Å². The molecule has 1 saturated heterocycles. The third-order valence-electron chi connectivity index (χ3n) is 6.03. The number of carbonyl (C=O) groups is 3. The first-order chi connectivity index (χ1) is 18.3. The Balaban J connectivity index is 0.000000276. The summed E-state index contributed by atoms with van der Waals surface area (Å²) in [6.07, 6.45) is -1.15. The number of aromatic nitrogens is 2. The van der Waals surface area contributed by atoms with Gasteiger partial charge in [0, 0.05) is 13.1 Å². The van der Waals surface area contributed by atoms with Crippen LogP contribution in [0.5, 0.6) is 0 Å². The minimum Gasteiger partial charge on any atom is -0.481 e. The molecule has 39 heavy (non-hydrogen) atoms. The summed E-state index contributed by atoms with van der Waals surface area (Å²) in [7, 11) is 0. The Kier molecular flexibility index (Phi) is 9.45. The van der Waals surface area contributed by atoms with Crippen LogP contribution >= 0.6 is 11.3 Å². The summed E-state index contributed by atoms with van der Waals surface area (Å²) in [5.74, 6) is -3.41. The second-order valence-electron chi connectivity index (χ2n) is 9.30. The van der Waals surface area contributed by atoms with Gasteiger partial charge in [0.25, 0.3) is 5.89 Å². The highest BCUT2D eigenvalue weighted by atomic mass is 32.1. The molecule has 0 saturated carbocycles. The second kappa shape index (κ2) is 12.4. The van der Waals surface area contributed by atoms with Gasteiger partial charge in [-0.15, -0.1) is 16.4 Å². The van der Waals surface area contributed by atoms with Crippen LogP contribution < -0.4 is 5.76 Å². The van der Waals surface area contributed by atoms with Crippen molar-refractivity contribution in [1.29, 1.82) is 0 Å². The molecular weight excluding hydrogens is 538 g/mol. The Hall–Kier alpha value is -3.79. The van der Waals surface area contributed by atoms with E-state index in [0.717, 1.165) is 36.0 Å². The molecule has 15 heteroatoms. The molecule has 0 atom stereocenters. The lowest BCUT2D eigenvalue weighted by molar-refractivity contribution is -0.170. The highest BCUT2D eigenvalue weighted by Gasteiger charge is 2.40. The van der Waals surface area contributed by atoms with Crippen molar-refractivity contribution < 1.29 is 48.8 Å². The number of rotatable bonds is 10. The van der Waals surface area contributed by atoms with Crippen LogP contribution in [-0.4, -0.2) is 82.4 Å². The quantitative estimate of drug-likeness (QED) is 0.233. The maximum absolute atomic E-state index is 12.1. The van der Waals surface area contributed by atoms with E-state index in [2.05, 4.69) is 10.00 Å². The first-order valence-corrected chi connectivity index (χ1v) is 12.7. The maximum atomic E-state index is 12.1. The maximum Gasteiger partial charge on any atom is 0.437 e. The lowest BCUT2D eigenvalue weighted by Crippen LogP contribution is -2.47. The number of aliphatic carboxylic acids is 3. The Bertz CT molecular complexity index is 1320. The van der Waals surface area contributed by atoms with Crippen LogP contribution in [-0.2, 0) is 27.5 Å². The number of aryl methyl sites for hydroxylation is 1. The van der Waals surface area contributed by atoms with Gasteiger partial charge >= 0.3 is 23.7 Å². The zero-order valence-corrected chi connectivity index (χ0v) is 21.8. The molecule has 0 aliphatic carbocycles. The average Bonchev–Trinajstić information content (AvgIpc) is 3.57. The van der Waals surface area contributed by atoms with Crippen LogP contribution in [0.1, 0.15) is 37.2 Å². The molecule has 0 unspecified atom stereocenters. The molecule has 0 spiro atoms. The van der Waals surface area contributed by atoms with Crippen LogP contribution in [0.15, 0.2) is 43.3 Å². The van der Waals surface area contributed by atoms with E-state index in [9.17, 15) is 24.3 Å². The van der Waals surface area contributed by atoms with Crippen LogP contribution in [0.3, 0.4) is 0 Å². The standard InChI is InChI=1S/C18H21N3O4S.C6H8O7/c1-13-4-5-14(24-13)11-20-8-6-18(23,7-9-20)12-21-17(22)25-16(19-21)15-3-2-10-26-15;7-3(8)1-6(13,5(11)12)2-4(9)10/h2-5,10,23H,6-9,11-12H2,1H3;13H,1-2H2,(H,7,8)(H,9,10)(H,11,12). The second-order valence-corrected chi connectivity index (χ2v) is 10.2. The lowest BCUT2D eigenvalue weighted by Gasteiger charge is -2.37. The van der Waals surface area contributed by atoms with E-state index >= 15 is 0 Å². The first kappa shape index (κ1) is 29.8. The fourth-order valence-corrected chi connectivity index (χ4v) is 4.62. The van der Waals surface area contributed by atoms with E-state index in [-0.39, 0.29) is 6.54 Å². The summed E-state index contributed by atoms with van der Waals surface area (Å²) in [4.78, 5) is 45.6. The van der Waals surface area contributed by atoms with Gasteiger partial charge in [0.05, 0.1) is 36.4 Å². The van der Waals surface area contributed by atoms with Crippen molar-refractivity contribution in [2.45, 2.75) is 56.9 Å². The minimum atomic E-state index is -2.74. The molecule has 1 aliphatic heterocycles. The Morgan fingerprint density at radius 3 is 2.21 bits per heavy atom. The summed E-state index contributed by atoms with van der Waals surface area (Å²) in [5.41, 5.74) is -3.69. The topological polar surface area (TPSA) is 217 Å². The zero-order valence-electron chi connectivity index (χ0n) is 21.0. The number of hydrogen-bond acceptors (Lipinski definition) is 11. The number of carboxylic acids is 3. The summed E-state index contributed by atoms with van der Waals surface area (Å²) in [5, 5.41) is 50.8. The smallest absolute Gasteiger partial charge is 0.437 e. The highest BCUT2D eigenvalue weighted by molar-refractivity contribution is 7.13. The van der Waals surface area contributed by atoms with E-state index in [1.807, 2.05) is 36.6 Å². The number of likely N-dealkylation sites (tertiary alicyclic amines) is 1. The van der Waals surface area contributed by atoms with Gasteiger partial charge in [0.1, 0.15) is 11.5 Å². The summed E-state index contributed by atoms with van der Waals surface area (Å²) in [6.45, 7) is 4.28. The molecule has 0 bridgehead atoms. The van der Waals surface area contributed by atoms with Crippen molar-refractivity contribution in [2.24, 2.45) is 0 Å². The van der Waals surface area contributed by atoms with Gasteiger partial charge in [0.15, 0.2) is 5.60 Å². The van der Waals surface area contributed by atoms with Crippen molar-refractivity contribution in [3.8, 4) is 10.8 Å². The highest BCUT2D eigenvalue weighted by Crippen LogP contribution is 2.26. The number of aliphatic hydroxyl groups is 2. The molecule has 0 radical (unpaired) electrons. The van der Waals surface area contributed by atoms with Gasteiger partial charge in [-0.1, -0.05) is 6.07 Å². The predicted octanol–water partition coefficient (Wildman–Crippen LogP) is 1.24. The van der Waals surface area contributed by atoms with Crippen LogP contribution in [0.25, 0.3) is 10.8 Å². The van der Waals surface area contributed by atoms with Gasteiger partial charge in [-0.25, -0.2) is 9.59 Å². The minimum absolute atomic E-state index is 0.147. The number of thiophene rings is 1. The van der Waals surface area contributed by atoms with E-state index < -0.39 is 47.7 Å². The molecule has 1 fully saturated rings. The van der Waals surface area contributed by atoms with Gasteiger partial charge < -0.3 is 34.4 Å². The summed E-state index contributed by atoms with van der Waals surface area (Å²) < 4.78 is 12.1. The molecule has 0 amide bonds. The van der Waals surface area contributed by atoms with Gasteiger partial charge in [-0.05, 0) is 43.3 Å². The largest absolute Gasteiger partial charge is 0.481 e. The summed E-state index contributed by atoms with van der Waals surface area (Å²) >= 11 is 1.46. The van der Waals surface area contributed by atoms with Crippen molar-refractivity contribution in [3.63, 3.8) is 0 Å². The zero-order chi connectivity index (χ0) is 28.8. The van der Waals surface area contributed by atoms with E-state index in [1.54, 1.807) is 0 Å². The van der Waals surface area contributed by atoms with Crippen LogP contribution in [0.4, 0.5) is 0 Å². The molecule has 212 valence electrons. The molecule has 14 nitrogen and oxygen atoms in total. The van der Waals surface area contributed by atoms with Crippen LogP contribution in [0.2, 0.25) is 0 Å². The first-order valence-electron chi connectivity index (χ1n) is 11.8. The molecule has 5 N–H and O–H groups in total. The Morgan fingerprint density at radius 1 is 1.08 bits per heavy atom. The number of furan rings is 1. The predicted molar refractivity (Wildman–Crippen MR) is 134 cm³/mol. The number of nitrogens with zero attached hydrogens (tertiary/aromatic N) is 3. The van der Waals surface area contributed by atoms with Crippen molar-refractivity contribution in [1.82, 2.24) is 14.7 Å². The summed E-state index contributed by atoms with van der Waals surface area (Å²) in [6, 6.07) is 7.67. The van der Waals surface area contributed by atoms with Gasteiger partial charge in [-0.3, -0.25) is 14.5 Å². The fraction of sp³-hybridized carbons (Fsp3) is 0.458. The lowest BCUT2D eigenvalue weighted by atomic mass is 9.91. The Labute approximate surface area is 225 Å².